The van der Waals surface area contributed by atoms with E-state index in [-0.39, 0.29) is 0 Å². The van der Waals surface area contributed by atoms with Crippen LogP contribution >= 0.6 is 23.2 Å². The topological polar surface area (TPSA) is 15.6 Å². The molecule has 1 aromatic rings. The first kappa shape index (κ1) is 14.3. The van der Waals surface area contributed by atoms with Gasteiger partial charge in [-0.1, -0.05) is 37.0 Å². The third-order valence-electron chi connectivity index (χ3n) is 2.66. The van der Waals surface area contributed by atoms with Crippen LogP contribution in [0.5, 0.6) is 0 Å². The molecule has 0 aromatic heterocycles. The van der Waals surface area contributed by atoms with Gasteiger partial charge in [0, 0.05) is 20.0 Å². The van der Waals surface area contributed by atoms with Gasteiger partial charge in [0.25, 0.3) is 0 Å². The molecule has 2 nitrogen and oxygen atoms in total. The number of nitrogens with zero attached hydrogens (tertiary/aromatic N) is 2. The van der Waals surface area contributed by atoms with Crippen LogP contribution in [0.2, 0.25) is 10.0 Å². The first-order valence-corrected chi connectivity index (χ1v) is 6.42. The van der Waals surface area contributed by atoms with Crippen molar-refractivity contribution in [2.45, 2.75) is 20.3 Å². The number of halogens is 2. The fourth-order valence-corrected chi connectivity index (χ4v) is 1.81. The number of hydrogen-bond donors (Lipinski definition) is 0. The molecule has 1 unspecified atom stereocenters. The van der Waals surface area contributed by atoms with E-state index in [0.29, 0.717) is 16.0 Å². The van der Waals surface area contributed by atoms with E-state index in [0.717, 1.165) is 17.9 Å². The van der Waals surface area contributed by atoms with Crippen molar-refractivity contribution in [3.8, 4) is 0 Å². The molecule has 0 aliphatic carbocycles. The summed E-state index contributed by atoms with van der Waals surface area (Å²) in [6, 6.07) is 5.43. The zero-order valence-electron chi connectivity index (χ0n) is 10.7. The van der Waals surface area contributed by atoms with Crippen molar-refractivity contribution in [3.63, 3.8) is 0 Å². The van der Waals surface area contributed by atoms with E-state index in [4.69, 9.17) is 23.2 Å². The van der Waals surface area contributed by atoms with Gasteiger partial charge in [0.15, 0.2) is 0 Å². The molecule has 0 fully saturated rings. The van der Waals surface area contributed by atoms with E-state index in [1.807, 2.05) is 25.1 Å². The van der Waals surface area contributed by atoms with Crippen molar-refractivity contribution in [1.82, 2.24) is 4.90 Å². The third kappa shape index (κ3) is 3.90. The Balaban J connectivity index is 3.08. The molecule has 0 heterocycles. The number of amidine groups is 1. The van der Waals surface area contributed by atoms with Gasteiger partial charge >= 0.3 is 0 Å². The predicted molar refractivity (Wildman–Crippen MR) is 76.7 cm³/mol. The van der Waals surface area contributed by atoms with E-state index >= 15 is 0 Å². The quantitative estimate of drug-likeness (QED) is 0.579. The summed E-state index contributed by atoms with van der Waals surface area (Å²) in [5.41, 5.74) is 0.836. The van der Waals surface area contributed by atoms with Crippen LogP contribution < -0.4 is 0 Å². The van der Waals surface area contributed by atoms with Crippen LogP contribution in [0.3, 0.4) is 0 Å². The molecule has 0 spiro atoms. The summed E-state index contributed by atoms with van der Waals surface area (Å²) in [4.78, 5) is 6.67. The Labute approximate surface area is 113 Å². The minimum Gasteiger partial charge on any atom is -0.366 e. The molecule has 0 amide bonds. The lowest BCUT2D eigenvalue weighted by atomic mass is 10.1. The van der Waals surface area contributed by atoms with Gasteiger partial charge in [0.2, 0.25) is 0 Å². The predicted octanol–water partition coefficient (Wildman–Crippen LogP) is 4.63. The van der Waals surface area contributed by atoms with E-state index in [2.05, 4.69) is 18.8 Å². The van der Waals surface area contributed by atoms with E-state index in [1.165, 1.54) is 0 Å². The lowest BCUT2D eigenvalue weighted by Gasteiger charge is -2.21. The van der Waals surface area contributed by atoms with Crippen molar-refractivity contribution in [1.29, 1.82) is 0 Å². The summed E-state index contributed by atoms with van der Waals surface area (Å²) in [5.74, 6) is 1.46. The normalized spacial score (nSPS) is 13.6. The molecule has 1 atom stereocenters. The first-order chi connectivity index (χ1) is 7.95. The largest absolute Gasteiger partial charge is 0.366 e. The maximum Gasteiger partial charge on any atom is 0.107 e. The van der Waals surface area contributed by atoms with Crippen LogP contribution in [-0.4, -0.2) is 24.8 Å². The first-order valence-electron chi connectivity index (χ1n) is 5.66. The zero-order valence-corrected chi connectivity index (χ0v) is 12.2. The molecule has 94 valence electrons. The monoisotopic (exact) mass is 272 g/mol. The summed E-state index contributed by atoms with van der Waals surface area (Å²) in [6.07, 6.45) is 1.05. The van der Waals surface area contributed by atoms with Crippen LogP contribution in [0, 0.1) is 5.92 Å². The number of rotatable bonds is 3. The molecule has 0 aliphatic rings. The molecule has 4 heteroatoms. The maximum atomic E-state index is 5.98. The molecule has 17 heavy (non-hydrogen) atoms. The van der Waals surface area contributed by atoms with Crippen LogP contribution in [-0.2, 0) is 0 Å². The highest BCUT2D eigenvalue weighted by Crippen LogP contribution is 2.27. The van der Waals surface area contributed by atoms with Gasteiger partial charge in [-0.2, -0.15) is 0 Å². The highest BCUT2D eigenvalue weighted by atomic mass is 35.5. The van der Waals surface area contributed by atoms with Gasteiger partial charge in [-0.05, 0) is 24.6 Å². The lowest BCUT2D eigenvalue weighted by molar-refractivity contribution is 0.553. The van der Waals surface area contributed by atoms with E-state index in [1.54, 1.807) is 12.1 Å². The van der Waals surface area contributed by atoms with Crippen molar-refractivity contribution < 1.29 is 0 Å². The van der Waals surface area contributed by atoms with Crippen molar-refractivity contribution in [2.75, 3.05) is 14.1 Å². The van der Waals surface area contributed by atoms with E-state index < -0.39 is 0 Å². The fraction of sp³-hybridized carbons (Fsp3) is 0.462. The number of benzene rings is 1. The molecule has 0 aliphatic heterocycles. The van der Waals surface area contributed by atoms with Crippen molar-refractivity contribution >= 4 is 34.7 Å². The Kier molecular flexibility index (Phi) is 5.29. The maximum absolute atomic E-state index is 5.98. The molecule has 1 aromatic carbocycles. The highest BCUT2D eigenvalue weighted by Gasteiger charge is 2.11. The number of hydrogen-bond acceptors (Lipinski definition) is 1. The molecule has 0 saturated heterocycles. The molecular formula is C13H18Cl2N2. The Morgan fingerprint density at radius 1 is 1.29 bits per heavy atom. The van der Waals surface area contributed by atoms with E-state index in [9.17, 15) is 0 Å². The van der Waals surface area contributed by atoms with Crippen LogP contribution in [0.4, 0.5) is 5.69 Å². The summed E-state index contributed by atoms with van der Waals surface area (Å²) < 4.78 is 0. The SMILES string of the molecule is CCC(C)C(=Nc1ccc(Cl)c(Cl)c1)N(C)C. The lowest BCUT2D eigenvalue weighted by Crippen LogP contribution is -2.27. The molecule has 0 radical (unpaired) electrons. The minimum absolute atomic E-state index is 0.416. The fourth-order valence-electron chi connectivity index (χ4n) is 1.52. The smallest absolute Gasteiger partial charge is 0.107 e. The van der Waals surface area contributed by atoms with Gasteiger partial charge in [-0.25, -0.2) is 4.99 Å². The molecular weight excluding hydrogens is 255 g/mol. The van der Waals surface area contributed by atoms with Crippen molar-refractivity contribution in [2.24, 2.45) is 10.9 Å². The number of aliphatic imine (C=N–C) groups is 1. The molecule has 0 bridgehead atoms. The third-order valence-corrected chi connectivity index (χ3v) is 3.40. The summed E-state index contributed by atoms with van der Waals surface area (Å²) >= 11 is 11.9. The second kappa shape index (κ2) is 6.27. The molecule has 0 saturated carbocycles. The van der Waals surface area contributed by atoms with Crippen LogP contribution in [0.15, 0.2) is 23.2 Å². The van der Waals surface area contributed by atoms with Gasteiger partial charge in [0.1, 0.15) is 5.84 Å². The summed E-state index contributed by atoms with van der Waals surface area (Å²) in [7, 11) is 4.00. The van der Waals surface area contributed by atoms with Gasteiger partial charge in [-0.15, -0.1) is 0 Å². The van der Waals surface area contributed by atoms with Crippen molar-refractivity contribution in [3.05, 3.63) is 28.2 Å². The highest BCUT2D eigenvalue weighted by molar-refractivity contribution is 6.42. The van der Waals surface area contributed by atoms with Gasteiger partial charge in [-0.3, -0.25) is 0 Å². The zero-order chi connectivity index (χ0) is 13.0. The Bertz CT molecular complexity index is 414. The standard InChI is InChI=1S/C13H18Cl2N2/c1-5-9(2)13(17(3)4)16-10-6-7-11(14)12(15)8-10/h6-9H,5H2,1-4H3. The Morgan fingerprint density at radius 2 is 1.94 bits per heavy atom. The Hall–Kier alpha value is -0.730. The average molecular weight is 273 g/mol. The van der Waals surface area contributed by atoms with Gasteiger partial charge in [0.05, 0.1) is 15.7 Å². The Morgan fingerprint density at radius 3 is 2.41 bits per heavy atom. The van der Waals surface area contributed by atoms with Crippen LogP contribution in [0.25, 0.3) is 0 Å². The minimum atomic E-state index is 0.416. The molecule has 0 N–H and O–H groups in total. The second-order valence-corrected chi connectivity index (χ2v) is 5.09. The van der Waals surface area contributed by atoms with Gasteiger partial charge < -0.3 is 4.90 Å². The summed E-state index contributed by atoms with van der Waals surface area (Å²) in [5, 5.41) is 1.09. The average Bonchev–Trinajstić information content (AvgIpc) is 2.29. The second-order valence-electron chi connectivity index (χ2n) is 4.27. The van der Waals surface area contributed by atoms with Crippen LogP contribution in [0.1, 0.15) is 20.3 Å². The molecule has 1 rings (SSSR count). The summed E-state index contributed by atoms with van der Waals surface area (Å²) in [6.45, 7) is 4.31.